The molecule has 1 aromatic heterocycles. The maximum absolute atomic E-state index is 9.86. The van der Waals surface area contributed by atoms with Gasteiger partial charge in [-0.1, -0.05) is 6.07 Å². The first-order valence-corrected chi connectivity index (χ1v) is 7.46. The molecule has 0 aliphatic carbocycles. The van der Waals surface area contributed by atoms with E-state index in [0.717, 1.165) is 27.4 Å². The molecule has 0 saturated carbocycles. The third-order valence-electron chi connectivity index (χ3n) is 3.41. The minimum absolute atomic E-state index is 0.558. The molecule has 1 N–H and O–H groups in total. The SMILES string of the molecule is Cc1nc(Sc2cc(C#N)ccc2C(C)O)nc(C)c1C. The van der Waals surface area contributed by atoms with Crippen molar-refractivity contribution in [3.63, 3.8) is 0 Å². The summed E-state index contributed by atoms with van der Waals surface area (Å²) in [6.45, 7) is 7.61. The first-order chi connectivity index (χ1) is 9.92. The molecule has 0 bridgehead atoms. The lowest BCUT2D eigenvalue weighted by Gasteiger charge is -2.12. The number of aliphatic hydroxyl groups is 1. The zero-order chi connectivity index (χ0) is 15.6. The van der Waals surface area contributed by atoms with Gasteiger partial charge in [-0.25, -0.2) is 9.97 Å². The van der Waals surface area contributed by atoms with Gasteiger partial charge in [-0.05, 0) is 62.7 Å². The van der Waals surface area contributed by atoms with E-state index in [0.29, 0.717) is 10.7 Å². The summed E-state index contributed by atoms with van der Waals surface area (Å²) in [6, 6.07) is 7.36. The van der Waals surface area contributed by atoms with Crippen LogP contribution in [0.5, 0.6) is 0 Å². The second-order valence-electron chi connectivity index (χ2n) is 4.94. The molecule has 1 aromatic carbocycles. The van der Waals surface area contributed by atoms with Crippen LogP contribution in [0.3, 0.4) is 0 Å². The largest absolute Gasteiger partial charge is 0.389 e. The van der Waals surface area contributed by atoms with Crippen molar-refractivity contribution in [1.29, 1.82) is 5.26 Å². The van der Waals surface area contributed by atoms with Gasteiger partial charge in [0.1, 0.15) is 0 Å². The number of nitrogens with zero attached hydrogens (tertiary/aromatic N) is 3. The lowest BCUT2D eigenvalue weighted by molar-refractivity contribution is 0.196. The van der Waals surface area contributed by atoms with Crippen molar-refractivity contribution in [2.75, 3.05) is 0 Å². The molecule has 1 heterocycles. The fourth-order valence-electron chi connectivity index (χ4n) is 1.92. The Morgan fingerprint density at radius 2 is 1.81 bits per heavy atom. The molecule has 0 radical (unpaired) electrons. The molecule has 0 spiro atoms. The standard InChI is InChI=1S/C16H17N3OS/c1-9-10(2)18-16(19-11(9)3)21-15-7-13(8-17)5-6-14(15)12(4)20/h5-7,12,20H,1-4H3. The Bertz CT molecular complexity index is 697. The Morgan fingerprint density at radius 1 is 1.19 bits per heavy atom. The van der Waals surface area contributed by atoms with Crippen LogP contribution in [0, 0.1) is 32.1 Å². The third-order valence-corrected chi connectivity index (χ3v) is 4.34. The highest BCUT2D eigenvalue weighted by Gasteiger charge is 2.13. The number of rotatable bonds is 3. The molecule has 0 saturated heterocycles. The second kappa shape index (κ2) is 6.25. The van der Waals surface area contributed by atoms with Crippen molar-refractivity contribution in [1.82, 2.24) is 9.97 Å². The predicted molar refractivity (Wildman–Crippen MR) is 82.2 cm³/mol. The molecular formula is C16H17N3OS. The second-order valence-corrected chi connectivity index (χ2v) is 5.95. The first kappa shape index (κ1) is 15.5. The molecule has 1 atom stereocenters. The highest BCUT2D eigenvalue weighted by molar-refractivity contribution is 7.99. The molecule has 1 unspecified atom stereocenters. The maximum Gasteiger partial charge on any atom is 0.192 e. The van der Waals surface area contributed by atoms with Gasteiger partial charge in [0.25, 0.3) is 0 Å². The Hall–Kier alpha value is -1.90. The number of hydrogen-bond acceptors (Lipinski definition) is 5. The number of aromatic nitrogens is 2. The van der Waals surface area contributed by atoms with Crippen LogP contribution in [0.1, 0.15) is 41.1 Å². The highest BCUT2D eigenvalue weighted by atomic mass is 32.2. The number of nitriles is 1. The van der Waals surface area contributed by atoms with E-state index in [2.05, 4.69) is 16.0 Å². The Labute approximate surface area is 128 Å². The zero-order valence-electron chi connectivity index (χ0n) is 12.5. The van der Waals surface area contributed by atoms with Crippen LogP contribution in [0.2, 0.25) is 0 Å². The molecule has 0 fully saturated rings. The van der Waals surface area contributed by atoms with Crippen LogP contribution in [-0.2, 0) is 0 Å². The van der Waals surface area contributed by atoms with Gasteiger partial charge in [0.05, 0.1) is 17.7 Å². The topological polar surface area (TPSA) is 69.8 Å². The van der Waals surface area contributed by atoms with Crippen LogP contribution >= 0.6 is 11.8 Å². The average Bonchev–Trinajstić information content (AvgIpc) is 2.44. The Kier molecular flexibility index (Phi) is 4.61. The van der Waals surface area contributed by atoms with Crippen molar-refractivity contribution in [3.8, 4) is 6.07 Å². The summed E-state index contributed by atoms with van der Waals surface area (Å²) in [4.78, 5) is 9.76. The molecule has 21 heavy (non-hydrogen) atoms. The van der Waals surface area contributed by atoms with E-state index in [1.165, 1.54) is 11.8 Å². The number of hydrogen-bond donors (Lipinski definition) is 1. The van der Waals surface area contributed by atoms with Gasteiger partial charge in [0.2, 0.25) is 0 Å². The highest BCUT2D eigenvalue weighted by Crippen LogP contribution is 2.32. The molecule has 0 amide bonds. The number of aryl methyl sites for hydroxylation is 2. The molecule has 5 heteroatoms. The van der Waals surface area contributed by atoms with Gasteiger partial charge in [0.15, 0.2) is 5.16 Å². The molecule has 4 nitrogen and oxygen atoms in total. The summed E-state index contributed by atoms with van der Waals surface area (Å²) in [5, 5.41) is 19.5. The summed E-state index contributed by atoms with van der Waals surface area (Å²) in [6.07, 6.45) is -0.604. The van der Waals surface area contributed by atoms with Crippen molar-refractivity contribution in [3.05, 3.63) is 46.3 Å². The van der Waals surface area contributed by atoms with Crippen molar-refractivity contribution >= 4 is 11.8 Å². The van der Waals surface area contributed by atoms with E-state index in [-0.39, 0.29) is 0 Å². The maximum atomic E-state index is 9.86. The summed E-state index contributed by atoms with van der Waals surface area (Å²) in [7, 11) is 0. The molecule has 2 rings (SSSR count). The van der Waals surface area contributed by atoms with Crippen molar-refractivity contribution in [2.45, 2.75) is 43.9 Å². The predicted octanol–water partition coefficient (Wildman–Crippen LogP) is 3.48. The summed E-state index contributed by atoms with van der Waals surface area (Å²) < 4.78 is 0. The zero-order valence-corrected chi connectivity index (χ0v) is 13.3. The van der Waals surface area contributed by atoms with Gasteiger partial charge in [-0.15, -0.1) is 0 Å². The van der Waals surface area contributed by atoms with Gasteiger partial charge in [0, 0.05) is 16.3 Å². The molecule has 0 aliphatic heterocycles. The molecule has 2 aromatic rings. The Morgan fingerprint density at radius 3 is 2.33 bits per heavy atom. The van der Waals surface area contributed by atoms with Gasteiger partial charge >= 0.3 is 0 Å². The van der Waals surface area contributed by atoms with E-state index >= 15 is 0 Å². The normalized spacial score (nSPS) is 12.0. The van der Waals surface area contributed by atoms with Crippen LogP contribution in [0.15, 0.2) is 28.3 Å². The lowest BCUT2D eigenvalue weighted by Crippen LogP contribution is -2.00. The average molecular weight is 299 g/mol. The summed E-state index contributed by atoms with van der Waals surface area (Å²) in [5.41, 5.74) is 4.31. The lowest BCUT2D eigenvalue weighted by atomic mass is 10.1. The quantitative estimate of drug-likeness (QED) is 0.879. The van der Waals surface area contributed by atoms with Crippen LogP contribution in [0.4, 0.5) is 0 Å². The van der Waals surface area contributed by atoms with Crippen molar-refractivity contribution < 1.29 is 5.11 Å². The van der Waals surface area contributed by atoms with E-state index in [1.807, 2.05) is 20.8 Å². The monoisotopic (exact) mass is 299 g/mol. The van der Waals surface area contributed by atoms with E-state index in [4.69, 9.17) is 5.26 Å². The summed E-state index contributed by atoms with van der Waals surface area (Å²) >= 11 is 1.38. The van der Waals surface area contributed by atoms with E-state index in [9.17, 15) is 5.11 Å². The summed E-state index contributed by atoms with van der Waals surface area (Å²) in [5.74, 6) is 0. The number of benzene rings is 1. The molecule has 108 valence electrons. The molecule has 0 aliphatic rings. The molecular weight excluding hydrogens is 282 g/mol. The van der Waals surface area contributed by atoms with Crippen molar-refractivity contribution in [2.24, 2.45) is 0 Å². The fourth-order valence-corrected chi connectivity index (χ4v) is 3.03. The van der Waals surface area contributed by atoms with Gasteiger partial charge in [-0.2, -0.15) is 5.26 Å². The minimum atomic E-state index is -0.604. The minimum Gasteiger partial charge on any atom is -0.389 e. The Balaban J connectivity index is 2.45. The van der Waals surface area contributed by atoms with E-state index < -0.39 is 6.10 Å². The van der Waals surface area contributed by atoms with Crippen LogP contribution < -0.4 is 0 Å². The fraction of sp³-hybridized carbons (Fsp3) is 0.312. The smallest absolute Gasteiger partial charge is 0.192 e. The number of aliphatic hydroxyl groups excluding tert-OH is 1. The van der Waals surface area contributed by atoms with Gasteiger partial charge < -0.3 is 5.11 Å². The first-order valence-electron chi connectivity index (χ1n) is 6.64. The van der Waals surface area contributed by atoms with Crippen LogP contribution in [0.25, 0.3) is 0 Å². The third kappa shape index (κ3) is 3.41. The van der Waals surface area contributed by atoms with Crippen LogP contribution in [-0.4, -0.2) is 15.1 Å². The van der Waals surface area contributed by atoms with Gasteiger partial charge in [-0.3, -0.25) is 0 Å². The van der Waals surface area contributed by atoms with E-state index in [1.54, 1.807) is 25.1 Å².